The fraction of sp³-hybridized carbons (Fsp3) is 0.278. The Kier molecular flexibility index (Phi) is 6.19. The number of para-hydroxylation sites is 1. The van der Waals surface area contributed by atoms with Gasteiger partial charge in [0.15, 0.2) is 6.54 Å². The van der Waals surface area contributed by atoms with Crippen LogP contribution in [0.3, 0.4) is 0 Å². The molecule has 2 N–H and O–H groups in total. The first kappa shape index (κ1) is 17.5. The summed E-state index contributed by atoms with van der Waals surface area (Å²) in [6.07, 6.45) is 0. The summed E-state index contributed by atoms with van der Waals surface area (Å²) in [6.45, 7) is 3.17. The Morgan fingerprint density at radius 1 is 1.26 bits per heavy atom. The molecule has 0 aromatic heterocycles. The van der Waals surface area contributed by atoms with E-state index in [9.17, 15) is 4.79 Å². The number of quaternary nitrogens is 1. The van der Waals surface area contributed by atoms with Crippen molar-refractivity contribution in [3.05, 3.63) is 58.1 Å². The molecule has 1 atom stereocenters. The maximum atomic E-state index is 12.2. The fourth-order valence-corrected chi connectivity index (χ4v) is 2.85. The molecule has 0 saturated heterocycles. The lowest BCUT2D eigenvalue weighted by Gasteiger charge is -2.16. The Balaban J connectivity index is 1.97. The molecule has 0 heterocycles. The summed E-state index contributed by atoms with van der Waals surface area (Å²) in [5.74, 6) is 0.849. The molecule has 2 aromatic carbocycles. The van der Waals surface area contributed by atoms with Gasteiger partial charge in [-0.2, -0.15) is 0 Å². The largest absolute Gasteiger partial charge is 0.496 e. The molecular weight excluding hydrogens is 356 g/mol. The van der Waals surface area contributed by atoms with E-state index in [0.717, 1.165) is 32.9 Å². The molecule has 122 valence electrons. The number of carbonyl (C=O) groups excluding carboxylic acids is 1. The van der Waals surface area contributed by atoms with Crippen LogP contribution in [0.15, 0.2) is 46.9 Å². The molecule has 4 nitrogen and oxygen atoms in total. The molecule has 0 aliphatic rings. The maximum Gasteiger partial charge on any atom is 0.279 e. The van der Waals surface area contributed by atoms with Crippen LogP contribution >= 0.6 is 15.9 Å². The minimum absolute atomic E-state index is 0.0129. The molecule has 23 heavy (non-hydrogen) atoms. The summed E-state index contributed by atoms with van der Waals surface area (Å²) in [6, 6.07) is 13.7. The Morgan fingerprint density at radius 3 is 2.70 bits per heavy atom. The van der Waals surface area contributed by atoms with Crippen LogP contribution in [0, 0.1) is 6.92 Å². The fourth-order valence-electron chi connectivity index (χ4n) is 2.46. The van der Waals surface area contributed by atoms with Gasteiger partial charge < -0.3 is 15.0 Å². The summed E-state index contributed by atoms with van der Waals surface area (Å²) in [4.78, 5) is 13.3. The molecule has 0 aliphatic heterocycles. The van der Waals surface area contributed by atoms with Crippen molar-refractivity contribution in [1.82, 2.24) is 0 Å². The standard InChI is InChI=1S/C18H21BrN2O2/c1-13-8-9-17(23-3)14(10-13)11-21(2)12-18(22)20-16-7-5-4-6-15(16)19/h4-10H,11-12H2,1-3H3,(H,20,22)/p+1. The highest BCUT2D eigenvalue weighted by molar-refractivity contribution is 9.10. The first-order valence-electron chi connectivity index (χ1n) is 7.49. The van der Waals surface area contributed by atoms with Crippen LogP contribution in [-0.2, 0) is 11.3 Å². The van der Waals surface area contributed by atoms with Crippen LogP contribution in [0.4, 0.5) is 5.69 Å². The Bertz CT molecular complexity index is 688. The highest BCUT2D eigenvalue weighted by Crippen LogP contribution is 2.21. The van der Waals surface area contributed by atoms with Gasteiger partial charge in [-0.25, -0.2) is 0 Å². The van der Waals surface area contributed by atoms with Crippen molar-refractivity contribution in [2.75, 3.05) is 26.0 Å². The zero-order valence-corrected chi connectivity index (χ0v) is 15.2. The summed E-state index contributed by atoms with van der Waals surface area (Å²) in [5, 5.41) is 2.93. The van der Waals surface area contributed by atoms with Crippen molar-refractivity contribution in [2.45, 2.75) is 13.5 Å². The minimum atomic E-state index is -0.0129. The summed E-state index contributed by atoms with van der Waals surface area (Å²) in [7, 11) is 3.67. The number of carbonyl (C=O) groups is 1. The molecule has 1 unspecified atom stereocenters. The van der Waals surface area contributed by atoms with Gasteiger partial charge in [0, 0.05) is 10.0 Å². The van der Waals surface area contributed by atoms with E-state index >= 15 is 0 Å². The molecule has 2 aromatic rings. The number of ether oxygens (including phenoxy) is 1. The number of nitrogens with one attached hydrogen (secondary N) is 2. The number of hydrogen-bond acceptors (Lipinski definition) is 2. The second-order valence-electron chi connectivity index (χ2n) is 5.65. The maximum absolute atomic E-state index is 12.2. The smallest absolute Gasteiger partial charge is 0.279 e. The van der Waals surface area contributed by atoms with E-state index in [-0.39, 0.29) is 5.91 Å². The van der Waals surface area contributed by atoms with Crippen LogP contribution < -0.4 is 15.0 Å². The van der Waals surface area contributed by atoms with Crippen LogP contribution in [0.1, 0.15) is 11.1 Å². The van der Waals surface area contributed by atoms with Gasteiger partial charge in [0.1, 0.15) is 12.3 Å². The summed E-state index contributed by atoms with van der Waals surface area (Å²) >= 11 is 3.43. The molecule has 0 bridgehead atoms. The molecule has 0 fully saturated rings. The third kappa shape index (κ3) is 5.08. The summed E-state index contributed by atoms with van der Waals surface area (Å²) in [5.41, 5.74) is 3.09. The quantitative estimate of drug-likeness (QED) is 0.811. The number of aryl methyl sites for hydroxylation is 1. The van der Waals surface area contributed by atoms with Crippen LogP contribution in [0.5, 0.6) is 5.75 Å². The molecule has 2 rings (SSSR count). The number of methoxy groups -OCH3 is 1. The number of likely N-dealkylation sites (N-methyl/N-ethyl adjacent to an activating group) is 1. The number of rotatable bonds is 6. The van der Waals surface area contributed by atoms with Crippen molar-refractivity contribution in [3.63, 3.8) is 0 Å². The van der Waals surface area contributed by atoms with Crippen molar-refractivity contribution in [2.24, 2.45) is 0 Å². The molecule has 1 amide bonds. The van der Waals surface area contributed by atoms with Gasteiger partial charge in [0.05, 0.1) is 19.8 Å². The Morgan fingerprint density at radius 2 is 2.00 bits per heavy atom. The van der Waals surface area contributed by atoms with E-state index in [1.165, 1.54) is 5.56 Å². The number of hydrogen-bond donors (Lipinski definition) is 2. The predicted molar refractivity (Wildman–Crippen MR) is 96.0 cm³/mol. The average Bonchev–Trinajstić information content (AvgIpc) is 2.49. The lowest BCUT2D eigenvalue weighted by Crippen LogP contribution is -3.08. The second-order valence-corrected chi connectivity index (χ2v) is 6.51. The van der Waals surface area contributed by atoms with E-state index in [1.54, 1.807) is 7.11 Å². The lowest BCUT2D eigenvalue weighted by molar-refractivity contribution is -0.885. The monoisotopic (exact) mass is 377 g/mol. The summed E-state index contributed by atoms with van der Waals surface area (Å²) < 4.78 is 6.28. The molecule has 0 radical (unpaired) electrons. The minimum Gasteiger partial charge on any atom is -0.496 e. The van der Waals surface area contributed by atoms with Crippen molar-refractivity contribution < 1.29 is 14.4 Å². The topological polar surface area (TPSA) is 42.8 Å². The Hall–Kier alpha value is -1.85. The zero-order valence-electron chi connectivity index (χ0n) is 13.7. The number of halogens is 1. The van der Waals surface area contributed by atoms with Gasteiger partial charge in [-0.1, -0.05) is 23.8 Å². The molecule has 0 aliphatic carbocycles. The molecular formula is C18H22BrN2O2+. The van der Waals surface area contributed by atoms with Gasteiger partial charge in [-0.15, -0.1) is 0 Å². The number of amides is 1. The normalized spacial score (nSPS) is 11.8. The predicted octanol–water partition coefficient (Wildman–Crippen LogP) is 2.42. The van der Waals surface area contributed by atoms with Crippen molar-refractivity contribution in [3.8, 4) is 5.75 Å². The Labute approximate surface area is 145 Å². The number of benzene rings is 2. The van der Waals surface area contributed by atoms with E-state index < -0.39 is 0 Å². The van der Waals surface area contributed by atoms with E-state index in [2.05, 4.69) is 34.2 Å². The zero-order chi connectivity index (χ0) is 16.8. The van der Waals surface area contributed by atoms with Gasteiger partial charge >= 0.3 is 0 Å². The van der Waals surface area contributed by atoms with E-state index in [0.29, 0.717) is 6.54 Å². The lowest BCUT2D eigenvalue weighted by atomic mass is 10.1. The first-order valence-corrected chi connectivity index (χ1v) is 8.28. The third-order valence-electron chi connectivity index (χ3n) is 3.54. The highest BCUT2D eigenvalue weighted by atomic mass is 79.9. The van der Waals surface area contributed by atoms with Crippen LogP contribution in [0.2, 0.25) is 0 Å². The number of anilines is 1. The average molecular weight is 378 g/mol. The highest BCUT2D eigenvalue weighted by Gasteiger charge is 2.14. The molecule has 5 heteroatoms. The van der Waals surface area contributed by atoms with E-state index in [4.69, 9.17) is 4.74 Å². The van der Waals surface area contributed by atoms with Gasteiger partial charge in [-0.05, 0) is 47.1 Å². The molecule has 0 spiro atoms. The molecule has 0 saturated carbocycles. The first-order chi connectivity index (χ1) is 11.0. The van der Waals surface area contributed by atoms with Crippen LogP contribution in [0.25, 0.3) is 0 Å². The second kappa shape index (κ2) is 8.13. The van der Waals surface area contributed by atoms with Crippen LogP contribution in [-0.4, -0.2) is 26.6 Å². The SMILES string of the molecule is COc1ccc(C)cc1C[NH+](C)CC(=O)Nc1ccccc1Br. The van der Waals surface area contributed by atoms with Gasteiger partial charge in [0.25, 0.3) is 5.91 Å². The van der Waals surface area contributed by atoms with Crippen molar-refractivity contribution in [1.29, 1.82) is 0 Å². The van der Waals surface area contributed by atoms with Gasteiger partial charge in [-0.3, -0.25) is 4.79 Å². The van der Waals surface area contributed by atoms with E-state index in [1.807, 2.05) is 43.4 Å². The third-order valence-corrected chi connectivity index (χ3v) is 4.23. The van der Waals surface area contributed by atoms with Crippen molar-refractivity contribution >= 4 is 27.5 Å². The van der Waals surface area contributed by atoms with Gasteiger partial charge in [0.2, 0.25) is 0 Å².